The van der Waals surface area contributed by atoms with Crippen molar-refractivity contribution in [3.63, 3.8) is 0 Å². The molecule has 1 amide bonds. The molecule has 7 heteroatoms. The number of hydrogen-bond donors (Lipinski definition) is 1. The van der Waals surface area contributed by atoms with Gasteiger partial charge < -0.3 is 5.32 Å². The Balaban J connectivity index is 2.30. The van der Waals surface area contributed by atoms with Gasteiger partial charge in [-0.3, -0.25) is 14.9 Å². The Labute approximate surface area is 123 Å². The van der Waals surface area contributed by atoms with Crippen molar-refractivity contribution in [2.24, 2.45) is 0 Å². The first kappa shape index (κ1) is 14.1. The van der Waals surface area contributed by atoms with Crippen LogP contribution in [0.25, 0.3) is 0 Å². The Bertz CT molecular complexity index is 688. The summed E-state index contributed by atoms with van der Waals surface area (Å²) in [7, 11) is 0. The Morgan fingerprint density at radius 2 is 2.15 bits per heavy atom. The molecule has 1 heterocycles. The first-order valence-electron chi connectivity index (χ1n) is 5.65. The smallest absolute Gasteiger partial charge is 0.270 e. The minimum Gasteiger partial charge on any atom is -0.306 e. The third-order valence-electron chi connectivity index (χ3n) is 2.53. The van der Waals surface area contributed by atoms with E-state index in [2.05, 4.69) is 26.2 Å². The van der Waals surface area contributed by atoms with Crippen LogP contribution in [0.3, 0.4) is 0 Å². The Morgan fingerprint density at radius 1 is 1.40 bits per heavy atom. The fourth-order valence-electron chi connectivity index (χ4n) is 1.66. The van der Waals surface area contributed by atoms with Gasteiger partial charge in [-0.15, -0.1) is 0 Å². The summed E-state index contributed by atoms with van der Waals surface area (Å²) in [5.41, 5.74) is 0.744. The van der Waals surface area contributed by atoms with Crippen molar-refractivity contribution >= 4 is 33.3 Å². The SMILES string of the molecule is Cc1cc(C(=O)Nc2ncccc2Br)cc([N+](=O)[O-])c1. The molecule has 0 atom stereocenters. The number of aromatic nitrogens is 1. The van der Waals surface area contributed by atoms with Crippen molar-refractivity contribution in [3.8, 4) is 0 Å². The number of benzene rings is 1. The van der Waals surface area contributed by atoms with Gasteiger partial charge >= 0.3 is 0 Å². The molecule has 1 N–H and O–H groups in total. The molecular formula is C13H10BrN3O3. The minimum atomic E-state index is -0.527. The zero-order valence-electron chi connectivity index (χ0n) is 10.5. The zero-order valence-corrected chi connectivity index (χ0v) is 12.0. The molecule has 0 saturated carbocycles. The lowest BCUT2D eigenvalue weighted by molar-refractivity contribution is -0.384. The molecule has 0 aliphatic carbocycles. The highest BCUT2D eigenvalue weighted by Crippen LogP contribution is 2.21. The number of rotatable bonds is 3. The van der Waals surface area contributed by atoms with Crippen LogP contribution in [0.5, 0.6) is 0 Å². The second-order valence-electron chi connectivity index (χ2n) is 4.10. The molecule has 0 saturated heterocycles. The van der Waals surface area contributed by atoms with Crippen LogP contribution in [0.1, 0.15) is 15.9 Å². The first-order chi connectivity index (χ1) is 9.47. The standard InChI is InChI=1S/C13H10BrN3O3/c1-8-5-9(7-10(6-8)17(19)20)13(18)16-12-11(14)3-2-4-15-12/h2-7H,1H3,(H,15,16,18). The van der Waals surface area contributed by atoms with Crippen LogP contribution in [0.15, 0.2) is 41.0 Å². The summed E-state index contributed by atoms with van der Waals surface area (Å²) in [6, 6.07) is 7.68. The van der Waals surface area contributed by atoms with Crippen molar-refractivity contribution in [2.45, 2.75) is 6.92 Å². The van der Waals surface area contributed by atoms with Crippen molar-refractivity contribution in [1.82, 2.24) is 4.98 Å². The molecule has 0 spiro atoms. The lowest BCUT2D eigenvalue weighted by Gasteiger charge is -2.06. The van der Waals surface area contributed by atoms with Crippen molar-refractivity contribution in [1.29, 1.82) is 0 Å². The maximum atomic E-state index is 12.1. The van der Waals surface area contributed by atoms with Crippen LogP contribution in [0.2, 0.25) is 0 Å². The summed E-state index contributed by atoms with van der Waals surface area (Å²) >= 11 is 3.26. The summed E-state index contributed by atoms with van der Waals surface area (Å²) in [6.07, 6.45) is 1.54. The number of halogens is 1. The molecule has 0 bridgehead atoms. The van der Waals surface area contributed by atoms with Gasteiger partial charge in [0.1, 0.15) is 5.82 Å². The first-order valence-corrected chi connectivity index (χ1v) is 6.44. The van der Waals surface area contributed by atoms with E-state index in [4.69, 9.17) is 0 Å². The lowest BCUT2D eigenvalue weighted by Crippen LogP contribution is -2.13. The third-order valence-corrected chi connectivity index (χ3v) is 3.17. The maximum absolute atomic E-state index is 12.1. The van der Waals surface area contributed by atoms with Gasteiger partial charge in [-0.1, -0.05) is 0 Å². The van der Waals surface area contributed by atoms with Gasteiger partial charge in [-0.25, -0.2) is 4.98 Å². The Hall–Kier alpha value is -2.28. The number of amides is 1. The fraction of sp³-hybridized carbons (Fsp3) is 0.0769. The van der Waals surface area contributed by atoms with Gasteiger partial charge in [0.2, 0.25) is 0 Å². The summed E-state index contributed by atoms with van der Waals surface area (Å²) < 4.78 is 0.635. The molecule has 2 rings (SSSR count). The molecule has 102 valence electrons. The fourth-order valence-corrected chi connectivity index (χ4v) is 2.01. The second kappa shape index (κ2) is 5.79. The van der Waals surface area contributed by atoms with Crippen molar-refractivity contribution < 1.29 is 9.72 Å². The molecule has 0 aliphatic rings. The summed E-state index contributed by atoms with van der Waals surface area (Å²) in [5.74, 6) is -0.0853. The van der Waals surface area contributed by atoms with Crippen LogP contribution in [-0.4, -0.2) is 15.8 Å². The number of nitro benzene ring substituents is 1. The molecule has 1 aromatic heterocycles. The molecule has 1 aromatic carbocycles. The van der Waals surface area contributed by atoms with E-state index in [0.29, 0.717) is 15.9 Å². The number of carbonyl (C=O) groups is 1. The van der Waals surface area contributed by atoms with Crippen LogP contribution in [-0.2, 0) is 0 Å². The lowest BCUT2D eigenvalue weighted by atomic mass is 10.1. The van der Waals surface area contributed by atoms with E-state index in [1.807, 2.05) is 0 Å². The van der Waals surface area contributed by atoms with Gasteiger partial charge in [-0.2, -0.15) is 0 Å². The molecule has 0 aliphatic heterocycles. The number of hydrogen-bond acceptors (Lipinski definition) is 4. The Kier molecular flexibility index (Phi) is 4.09. The third kappa shape index (κ3) is 3.18. The van der Waals surface area contributed by atoms with Crippen LogP contribution in [0, 0.1) is 17.0 Å². The number of non-ortho nitro benzene ring substituents is 1. The predicted molar refractivity (Wildman–Crippen MR) is 77.7 cm³/mol. The number of nitro groups is 1. The predicted octanol–water partition coefficient (Wildman–Crippen LogP) is 3.31. The van der Waals surface area contributed by atoms with E-state index >= 15 is 0 Å². The number of carbonyl (C=O) groups excluding carboxylic acids is 1. The van der Waals surface area contributed by atoms with E-state index in [9.17, 15) is 14.9 Å². The number of anilines is 1. The van der Waals surface area contributed by atoms with Gasteiger partial charge in [0.25, 0.3) is 11.6 Å². The largest absolute Gasteiger partial charge is 0.306 e. The highest BCUT2D eigenvalue weighted by molar-refractivity contribution is 9.10. The molecule has 0 radical (unpaired) electrons. The molecule has 20 heavy (non-hydrogen) atoms. The average Bonchev–Trinajstić information content (AvgIpc) is 2.40. The van der Waals surface area contributed by atoms with Gasteiger partial charge in [0, 0.05) is 23.9 Å². The number of aryl methyl sites for hydroxylation is 1. The van der Waals surface area contributed by atoms with Crippen LogP contribution < -0.4 is 5.32 Å². The van der Waals surface area contributed by atoms with E-state index < -0.39 is 10.8 Å². The number of pyridine rings is 1. The van der Waals surface area contributed by atoms with Crippen LogP contribution in [0.4, 0.5) is 11.5 Å². The second-order valence-corrected chi connectivity index (χ2v) is 4.96. The minimum absolute atomic E-state index is 0.116. The van der Waals surface area contributed by atoms with E-state index in [-0.39, 0.29) is 11.3 Å². The number of nitrogens with zero attached hydrogens (tertiary/aromatic N) is 2. The van der Waals surface area contributed by atoms with E-state index in [1.54, 1.807) is 31.3 Å². The van der Waals surface area contributed by atoms with E-state index in [0.717, 1.165) is 0 Å². The molecule has 0 unspecified atom stereocenters. The molecular weight excluding hydrogens is 326 g/mol. The monoisotopic (exact) mass is 335 g/mol. The summed E-state index contributed by atoms with van der Waals surface area (Å²) in [5, 5.41) is 13.4. The van der Waals surface area contributed by atoms with Gasteiger partial charge in [-0.05, 0) is 46.6 Å². The topological polar surface area (TPSA) is 85.1 Å². The van der Waals surface area contributed by atoms with Crippen molar-refractivity contribution in [2.75, 3.05) is 5.32 Å². The molecule has 2 aromatic rings. The highest BCUT2D eigenvalue weighted by atomic mass is 79.9. The molecule has 6 nitrogen and oxygen atoms in total. The highest BCUT2D eigenvalue weighted by Gasteiger charge is 2.14. The molecule has 0 fully saturated rings. The zero-order chi connectivity index (χ0) is 14.7. The van der Waals surface area contributed by atoms with Crippen LogP contribution >= 0.6 is 15.9 Å². The van der Waals surface area contributed by atoms with Gasteiger partial charge in [0.15, 0.2) is 0 Å². The maximum Gasteiger partial charge on any atom is 0.270 e. The number of nitrogens with one attached hydrogen (secondary N) is 1. The summed E-state index contributed by atoms with van der Waals surface area (Å²) in [4.78, 5) is 26.4. The van der Waals surface area contributed by atoms with Crippen molar-refractivity contribution in [3.05, 3.63) is 62.2 Å². The quantitative estimate of drug-likeness (QED) is 0.688. The average molecular weight is 336 g/mol. The van der Waals surface area contributed by atoms with Gasteiger partial charge in [0.05, 0.1) is 9.40 Å². The normalized spacial score (nSPS) is 10.1. The van der Waals surface area contributed by atoms with E-state index in [1.165, 1.54) is 12.1 Å². The summed E-state index contributed by atoms with van der Waals surface area (Å²) in [6.45, 7) is 1.69. The Morgan fingerprint density at radius 3 is 2.80 bits per heavy atom.